The van der Waals surface area contributed by atoms with Crippen LogP contribution >= 0.6 is 11.6 Å². The third-order valence-corrected chi connectivity index (χ3v) is 10.9. The number of hydrogen-bond acceptors (Lipinski definition) is 18. The summed E-state index contributed by atoms with van der Waals surface area (Å²) in [6.07, 6.45) is 0. The summed E-state index contributed by atoms with van der Waals surface area (Å²) in [7, 11) is -18.8. The average Bonchev–Trinajstić information content (AvgIpc) is 3.03. The third kappa shape index (κ3) is 9.66. The Bertz CT molecular complexity index is 2750. The van der Waals surface area contributed by atoms with Crippen molar-refractivity contribution in [3.63, 3.8) is 0 Å². The molecule has 280 valence electrons. The number of aromatic hydroxyl groups is 1. The van der Waals surface area contributed by atoms with Crippen LogP contribution in [0.3, 0.4) is 0 Å². The molecule has 1 aromatic heterocycles. The van der Waals surface area contributed by atoms with E-state index in [4.69, 9.17) is 21.9 Å². The molecule has 0 saturated heterocycles. The smallest absolute Gasteiger partial charge is 0.397 e. The molecule has 26 heteroatoms. The van der Waals surface area contributed by atoms with Gasteiger partial charge in [0, 0.05) is 16.8 Å². The molecular formula is C27H23ClN8O13S4. The highest BCUT2D eigenvalue weighted by Gasteiger charge is 2.22. The molecule has 53 heavy (non-hydrogen) atoms. The SMILES string of the molecule is Nc1c(N=Nc2ccc(Nc3nc(Cl)nc(Nc4cccc(S(=O)(=O)CCOS(=O)(=O)O)c4)n3)cc2S(=O)(=O)O)cc(S(=O)(=O)O)c2cccc(O)c12. The molecule has 5 aromatic rings. The fourth-order valence-corrected chi connectivity index (χ4v) is 7.62. The minimum absolute atomic E-state index is 0.0474. The second kappa shape index (κ2) is 14.7. The van der Waals surface area contributed by atoms with Gasteiger partial charge >= 0.3 is 10.4 Å². The Morgan fingerprint density at radius 1 is 0.736 bits per heavy atom. The van der Waals surface area contributed by atoms with E-state index in [1.54, 1.807) is 0 Å². The minimum Gasteiger partial charge on any atom is -0.507 e. The zero-order chi connectivity index (χ0) is 38.9. The molecule has 21 nitrogen and oxygen atoms in total. The number of benzene rings is 4. The molecule has 1 heterocycles. The highest BCUT2D eigenvalue weighted by atomic mass is 35.5. The number of anilines is 5. The standard InChI is InChI=1S/C27H23ClN8O13S4/c28-25-32-26(30-14-3-1-4-16(11-14)50(38,39)10-9-49-53(46,47)48)34-27(33-25)31-15-7-8-18(22(12-15)52(43,44)45)35-36-19-13-21(51(40,41)42)17-5-2-6-20(37)23(17)24(19)29/h1-8,11-13,37H,9-10,29H2,(H,40,41,42)(H,43,44,45)(H,46,47,48)(H2,30,31,32,33,34). The first-order valence-electron chi connectivity index (χ1n) is 14.1. The molecule has 0 radical (unpaired) electrons. The van der Waals surface area contributed by atoms with E-state index in [-0.39, 0.29) is 55.6 Å². The van der Waals surface area contributed by atoms with Crippen LogP contribution in [0.5, 0.6) is 5.75 Å². The Labute approximate surface area is 304 Å². The van der Waals surface area contributed by atoms with Crippen LogP contribution < -0.4 is 16.4 Å². The number of azo groups is 1. The lowest BCUT2D eigenvalue weighted by Crippen LogP contribution is -2.15. The van der Waals surface area contributed by atoms with Gasteiger partial charge in [-0.25, -0.2) is 12.6 Å². The number of phenols is 1. The summed E-state index contributed by atoms with van der Waals surface area (Å²) in [6.45, 7) is -0.845. The monoisotopic (exact) mass is 830 g/mol. The summed E-state index contributed by atoms with van der Waals surface area (Å²) in [5, 5.41) is 22.6. The van der Waals surface area contributed by atoms with Crippen molar-refractivity contribution < 1.29 is 56.6 Å². The van der Waals surface area contributed by atoms with Crippen molar-refractivity contribution in [3.05, 3.63) is 72.0 Å². The molecular weight excluding hydrogens is 808 g/mol. The maximum atomic E-state index is 12.6. The fraction of sp³-hybridized carbons (Fsp3) is 0.0741. The Morgan fingerprint density at radius 3 is 1.96 bits per heavy atom. The fourth-order valence-electron chi connectivity index (χ4n) is 4.58. The summed E-state index contributed by atoms with van der Waals surface area (Å²) < 4.78 is 128. The van der Waals surface area contributed by atoms with Gasteiger partial charge in [0.2, 0.25) is 17.2 Å². The number of nitrogen functional groups attached to an aromatic ring is 1. The number of fused-ring (bicyclic) bond motifs is 1. The van der Waals surface area contributed by atoms with E-state index in [9.17, 15) is 47.9 Å². The summed E-state index contributed by atoms with van der Waals surface area (Å²) in [6, 6.07) is 13.1. The van der Waals surface area contributed by atoms with Crippen molar-refractivity contribution in [2.75, 3.05) is 28.7 Å². The number of nitrogens with zero attached hydrogens (tertiary/aromatic N) is 5. The number of halogens is 1. The maximum Gasteiger partial charge on any atom is 0.397 e. The minimum atomic E-state index is -5.01. The molecule has 4 aromatic carbocycles. The molecule has 0 fully saturated rings. The molecule has 5 rings (SSSR count). The largest absolute Gasteiger partial charge is 0.507 e. The van der Waals surface area contributed by atoms with Gasteiger partial charge in [-0.15, -0.1) is 10.2 Å². The Morgan fingerprint density at radius 2 is 1.34 bits per heavy atom. The number of aromatic nitrogens is 3. The number of nitrogens with two attached hydrogens (primary N) is 1. The van der Waals surface area contributed by atoms with Crippen molar-refractivity contribution in [1.29, 1.82) is 0 Å². The van der Waals surface area contributed by atoms with Crippen molar-refractivity contribution in [2.24, 2.45) is 10.2 Å². The average molecular weight is 831 g/mol. The van der Waals surface area contributed by atoms with Crippen LogP contribution in [-0.4, -0.2) is 79.7 Å². The van der Waals surface area contributed by atoms with Gasteiger partial charge in [0.15, 0.2) is 9.84 Å². The Kier molecular flexibility index (Phi) is 10.9. The second-order valence-electron chi connectivity index (χ2n) is 10.4. The number of sulfone groups is 1. The molecule has 0 amide bonds. The van der Waals surface area contributed by atoms with E-state index >= 15 is 0 Å². The molecule has 0 atom stereocenters. The van der Waals surface area contributed by atoms with Gasteiger partial charge in [0.1, 0.15) is 26.9 Å². The molecule has 0 spiro atoms. The van der Waals surface area contributed by atoms with Crippen LogP contribution in [0.15, 0.2) is 91.6 Å². The van der Waals surface area contributed by atoms with Crippen LogP contribution in [0.25, 0.3) is 10.8 Å². The van der Waals surface area contributed by atoms with Gasteiger partial charge in [0.25, 0.3) is 20.2 Å². The maximum absolute atomic E-state index is 12.6. The third-order valence-electron chi connectivity index (χ3n) is 6.80. The Hall–Kier alpha value is -5.12. The molecule has 8 N–H and O–H groups in total. The van der Waals surface area contributed by atoms with Crippen molar-refractivity contribution >= 4 is 103 Å². The topological polar surface area (TPSA) is 340 Å². The lowest BCUT2D eigenvalue weighted by molar-refractivity contribution is 0.284. The number of phenolic OH excluding ortho intramolecular Hbond substituents is 1. The second-order valence-corrected chi connectivity index (χ2v) is 16.8. The summed E-state index contributed by atoms with van der Waals surface area (Å²) in [4.78, 5) is 10.2. The van der Waals surface area contributed by atoms with Crippen molar-refractivity contribution in [3.8, 4) is 5.75 Å². The lowest BCUT2D eigenvalue weighted by atomic mass is 10.1. The van der Waals surface area contributed by atoms with Crippen LogP contribution in [0, 0.1) is 0 Å². The summed E-state index contributed by atoms with van der Waals surface area (Å²) >= 11 is 6.04. The van der Waals surface area contributed by atoms with E-state index in [0.29, 0.717) is 0 Å². The normalized spacial score (nSPS) is 12.7. The van der Waals surface area contributed by atoms with E-state index in [1.165, 1.54) is 42.5 Å². The van der Waals surface area contributed by atoms with E-state index in [2.05, 4.69) is 40.0 Å². The predicted octanol–water partition coefficient (Wildman–Crippen LogP) is 3.96. The lowest BCUT2D eigenvalue weighted by Gasteiger charge is -2.11. The number of rotatable bonds is 13. The van der Waals surface area contributed by atoms with Gasteiger partial charge in [-0.3, -0.25) is 13.7 Å². The first-order chi connectivity index (χ1) is 24.6. The van der Waals surface area contributed by atoms with E-state index in [0.717, 1.165) is 24.3 Å². The number of hydrogen-bond donors (Lipinski definition) is 7. The van der Waals surface area contributed by atoms with Gasteiger partial charge in [-0.05, 0) is 60.1 Å². The zero-order valence-corrected chi connectivity index (χ0v) is 30.1. The van der Waals surface area contributed by atoms with Crippen molar-refractivity contribution in [2.45, 2.75) is 14.7 Å². The van der Waals surface area contributed by atoms with Crippen LogP contribution in [-0.2, 0) is 44.7 Å². The molecule has 0 bridgehead atoms. The number of nitrogens with one attached hydrogen (secondary N) is 2. The van der Waals surface area contributed by atoms with Crippen LogP contribution in [0.2, 0.25) is 5.28 Å². The van der Waals surface area contributed by atoms with Crippen LogP contribution in [0.1, 0.15) is 0 Å². The van der Waals surface area contributed by atoms with Gasteiger partial charge < -0.3 is 21.5 Å². The van der Waals surface area contributed by atoms with Gasteiger partial charge in [0.05, 0.1) is 28.3 Å². The molecule has 0 aliphatic carbocycles. The highest BCUT2D eigenvalue weighted by molar-refractivity contribution is 7.91. The molecule has 0 unspecified atom stereocenters. The van der Waals surface area contributed by atoms with Gasteiger partial charge in [-0.2, -0.15) is 40.2 Å². The van der Waals surface area contributed by atoms with E-state index in [1.807, 2.05) is 0 Å². The highest BCUT2D eigenvalue weighted by Crippen LogP contribution is 2.41. The van der Waals surface area contributed by atoms with Gasteiger partial charge in [-0.1, -0.05) is 18.2 Å². The summed E-state index contributed by atoms with van der Waals surface area (Å²) in [5.74, 6) is -1.72. The van der Waals surface area contributed by atoms with Crippen molar-refractivity contribution in [1.82, 2.24) is 15.0 Å². The van der Waals surface area contributed by atoms with E-state index < -0.39 is 74.1 Å². The first-order valence-corrected chi connectivity index (χ1v) is 20.3. The molecule has 0 saturated carbocycles. The zero-order valence-electron chi connectivity index (χ0n) is 26.1. The quantitative estimate of drug-likeness (QED) is 0.0501. The summed E-state index contributed by atoms with van der Waals surface area (Å²) in [5.41, 5.74) is 5.07. The van der Waals surface area contributed by atoms with Crippen LogP contribution in [0.4, 0.5) is 40.3 Å². The predicted molar refractivity (Wildman–Crippen MR) is 188 cm³/mol. The Balaban J connectivity index is 1.42. The molecule has 0 aliphatic heterocycles. The molecule has 0 aliphatic rings. The first kappa shape index (κ1) is 39.1.